The number of carbonyl (C=O) groups excluding carboxylic acids is 1. The highest BCUT2D eigenvalue weighted by Crippen LogP contribution is 2.31. The van der Waals surface area contributed by atoms with E-state index in [0.29, 0.717) is 12.2 Å². The summed E-state index contributed by atoms with van der Waals surface area (Å²) in [4.78, 5) is 23.9. The number of hydrogen-bond donors (Lipinski definition) is 0. The molecule has 0 atom stereocenters. The Bertz CT molecular complexity index is 1110. The molecule has 5 nitrogen and oxygen atoms in total. The molecule has 0 spiro atoms. The van der Waals surface area contributed by atoms with Gasteiger partial charge in [0.1, 0.15) is 0 Å². The maximum absolute atomic E-state index is 13.4. The standard InChI is InChI=1S/C24H26N4O/c1-16-14-21-24(26-17(16)2)23(22(29)15-27-12-6-5-7-13-27)18(3)28(21)20-10-8-19(25-4)9-11-20/h8-11,14H,5-7,12-13,15H2,1-3H3. The molecule has 0 unspecified atom stereocenters. The first-order chi connectivity index (χ1) is 14.0. The zero-order valence-electron chi connectivity index (χ0n) is 17.3. The second kappa shape index (κ2) is 7.81. The van der Waals surface area contributed by atoms with Crippen LogP contribution in [0.15, 0.2) is 30.3 Å². The van der Waals surface area contributed by atoms with E-state index in [2.05, 4.69) is 20.4 Å². The van der Waals surface area contributed by atoms with Crippen LogP contribution in [-0.2, 0) is 0 Å². The summed E-state index contributed by atoms with van der Waals surface area (Å²) in [5, 5.41) is 0. The summed E-state index contributed by atoms with van der Waals surface area (Å²) in [7, 11) is 0. The second-order valence-corrected chi connectivity index (χ2v) is 7.94. The first-order valence-corrected chi connectivity index (χ1v) is 10.2. The number of pyridine rings is 1. The number of nitrogens with zero attached hydrogens (tertiary/aromatic N) is 4. The first kappa shape index (κ1) is 19.4. The van der Waals surface area contributed by atoms with Crippen LogP contribution in [0.4, 0.5) is 5.69 Å². The van der Waals surface area contributed by atoms with Gasteiger partial charge in [0.05, 0.1) is 29.7 Å². The molecule has 0 bridgehead atoms. The Morgan fingerprint density at radius 3 is 2.45 bits per heavy atom. The molecule has 3 heterocycles. The quantitative estimate of drug-likeness (QED) is 0.459. The van der Waals surface area contributed by atoms with Crippen LogP contribution in [0.5, 0.6) is 0 Å². The van der Waals surface area contributed by atoms with Crippen molar-refractivity contribution in [2.45, 2.75) is 40.0 Å². The van der Waals surface area contributed by atoms with E-state index in [-0.39, 0.29) is 5.78 Å². The van der Waals surface area contributed by atoms with Gasteiger partial charge in [0.15, 0.2) is 11.5 Å². The van der Waals surface area contributed by atoms with Crippen molar-refractivity contribution < 1.29 is 4.79 Å². The molecule has 3 aromatic rings. The summed E-state index contributed by atoms with van der Waals surface area (Å²) in [6, 6.07) is 9.63. The molecular weight excluding hydrogens is 360 g/mol. The Kier molecular flexibility index (Phi) is 5.21. The molecule has 29 heavy (non-hydrogen) atoms. The number of aromatic nitrogens is 2. The Morgan fingerprint density at radius 1 is 1.10 bits per heavy atom. The zero-order chi connectivity index (χ0) is 20.5. The van der Waals surface area contributed by atoms with E-state index in [1.54, 1.807) is 0 Å². The third-order valence-corrected chi connectivity index (χ3v) is 5.95. The summed E-state index contributed by atoms with van der Waals surface area (Å²) >= 11 is 0. The molecule has 0 saturated carbocycles. The first-order valence-electron chi connectivity index (χ1n) is 10.2. The van der Waals surface area contributed by atoms with E-state index in [1.807, 2.05) is 45.0 Å². The van der Waals surface area contributed by atoms with Crippen LogP contribution in [0.3, 0.4) is 0 Å². The van der Waals surface area contributed by atoms with Crippen molar-refractivity contribution in [3.05, 3.63) is 64.3 Å². The van der Waals surface area contributed by atoms with Crippen molar-refractivity contribution in [2.75, 3.05) is 19.6 Å². The third-order valence-electron chi connectivity index (χ3n) is 5.95. The highest BCUT2D eigenvalue weighted by Gasteiger charge is 2.24. The molecule has 0 amide bonds. The fraction of sp³-hybridized carbons (Fsp3) is 0.375. The van der Waals surface area contributed by atoms with Gasteiger partial charge in [0.25, 0.3) is 0 Å². The Morgan fingerprint density at radius 2 is 1.79 bits per heavy atom. The number of Topliss-reactive ketones (excluding diaryl/α,β-unsaturated/α-hetero) is 1. The SMILES string of the molecule is [C-]#[N+]c1ccc(-n2c(C)c(C(=O)CN3CCCCC3)c3nc(C)c(C)cc32)cc1. The minimum absolute atomic E-state index is 0.140. The number of aryl methyl sites for hydroxylation is 2. The van der Waals surface area contributed by atoms with Crippen molar-refractivity contribution in [3.8, 4) is 5.69 Å². The van der Waals surface area contributed by atoms with Gasteiger partial charge in [0, 0.05) is 17.1 Å². The minimum atomic E-state index is 0.140. The molecule has 1 aliphatic rings. The summed E-state index contributed by atoms with van der Waals surface area (Å²) < 4.78 is 2.10. The average molecular weight is 386 g/mol. The molecule has 1 aliphatic heterocycles. The van der Waals surface area contributed by atoms with Crippen LogP contribution in [0, 0.1) is 27.3 Å². The van der Waals surface area contributed by atoms with Gasteiger partial charge in [-0.1, -0.05) is 18.6 Å². The van der Waals surface area contributed by atoms with Gasteiger partial charge in [-0.05, 0) is 70.5 Å². The summed E-state index contributed by atoms with van der Waals surface area (Å²) in [5.41, 5.74) is 6.97. The molecule has 148 valence electrons. The van der Waals surface area contributed by atoms with Gasteiger partial charge in [-0.3, -0.25) is 14.7 Å². The van der Waals surface area contributed by atoms with Crippen LogP contribution in [0.25, 0.3) is 21.6 Å². The van der Waals surface area contributed by atoms with E-state index >= 15 is 0 Å². The van der Waals surface area contributed by atoms with Crippen molar-refractivity contribution >= 4 is 22.5 Å². The molecule has 0 aliphatic carbocycles. The van der Waals surface area contributed by atoms with E-state index in [0.717, 1.165) is 65.2 Å². The molecule has 1 fully saturated rings. The molecule has 1 aromatic carbocycles. The maximum atomic E-state index is 13.4. The van der Waals surface area contributed by atoms with Crippen molar-refractivity contribution in [1.29, 1.82) is 0 Å². The Hall–Kier alpha value is -2.97. The minimum Gasteiger partial charge on any atom is -0.312 e. The largest absolute Gasteiger partial charge is 0.312 e. The Balaban J connectivity index is 1.85. The highest BCUT2D eigenvalue weighted by atomic mass is 16.1. The van der Waals surface area contributed by atoms with E-state index in [1.165, 1.54) is 6.42 Å². The zero-order valence-corrected chi connectivity index (χ0v) is 17.3. The normalized spacial score (nSPS) is 14.8. The smallest absolute Gasteiger partial charge is 0.187 e. The van der Waals surface area contributed by atoms with Crippen LogP contribution in [-0.4, -0.2) is 39.9 Å². The molecule has 2 aromatic heterocycles. The lowest BCUT2D eigenvalue weighted by Crippen LogP contribution is -2.34. The van der Waals surface area contributed by atoms with Crippen LogP contribution >= 0.6 is 0 Å². The number of hydrogen-bond acceptors (Lipinski definition) is 3. The van der Waals surface area contributed by atoms with Crippen LogP contribution in [0.2, 0.25) is 0 Å². The van der Waals surface area contributed by atoms with Crippen molar-refractivity contribution in [3.63, 3.8) is 0 Å². The summed E-state index contributed by atoms with van der Waals surface area (Å²) in [5.74, 6) is 0.140. The molecule has 0 N–H and O–H groups in total. The van der Waals surface area contributed by atoms with Crippen molar-refractivity contribution in [1.82, 2.24) is 14.5 Å². The van der Waals surface area contributed by atoms with Crippen LogP contribution in [0.1, 0.15) is 46.6 Å². The van der Waals surface area contributed by atoms with Gasteiger partial charge >= 0.3 is 0 Å². The highest BCUT2D eigenvalue weighted by molar-refractivity contribution is 6.09. The number of carbonyl (C=O) groups is 1. The molecular formula is C24H26N4O. The maximum Gasteiger partial charge on any atom is 0.187 e. The third kappa shape index (κ3) is 3.56. The summed E-state index contributed by atoms with van der Waals surface area (Å²) in [6.45, 7) is 15.7. The fourth-order valence-corrected chi connectivity index (χ4v) is 4.25. The average Bonchev–Trinajstić information content (AvgIpc) is 3.00. The lowest BCUT2D eigenvalue weighted by Gasteiger charge is -2.25. The lowest BCUT2D eigenvalue weighted by atomic mass is 10.1. The monoisotopic (exact) mass is 386 g/mol. The van der Waals surface area contributed by atoms with Gasteiger partial charge in [-0.2, -0.15) is 0 Å². The predicted octanol–water partition coefficient (Wildman–Crippen LogP) is 5.17. The van der Waals surface area contributed by atoms with E-state index in [9.17, 15) is 4.79 Å². The van der Waals surface area contributed by atoms with E-state index < -0.39 is 0 Å². The lowest BCUT2D eigenvalue weighted by molar-refractivity contribution is 0.0916. The number of ketones is 1. The van der Waals surface area contributed by atoms with Crippen molar-refractivity contribution in [2.24, 2.45) is 0 Å². The summed E-state index contributed by atoms with van der Waals surface area (Å²) in [6.07, 6.45) is 3.58. The fourth-order valence-electron chi connectivity index (χ4n) is 4.25. The number of piperidine rings is 1. The van der Waals surface area contributed by atoms with Gasteiger partial charge in [-0.15, -0.1) is 0 Å². The number of fused-ring (bicyclic) bond motifs is 1. The molecule has 5 heteroatoms. The Labute approximate surface area is 171 Å². The van der Waals surface area contributed by atoms with Gasteiger partial charge < -0.3 is 4.57 Å². The number of benzene rings is 1. The molecule has 4 rings (SSSR count). The van der Waals surface area contributed by atoms with Gasteiger partial charge in [-0.25, -0.2) is 4.85 Å². The topological polar surface area (TPSA) is 42.5 Å². The van der Waals surface area contributed by atoms with Gasteiger partial charge in [0.2, 0.25) is 0 Å². The number of likely N-dealkylation sites (tertiary alicyclic amines) is 1. The van der Waals surface area contributed by atoms with Crippen LogP contribution < -0.4 is 0 Å². The molecule has 1 saturated heterocycles. The molecule has 0 radical (unpaired) electrons. The van der Waals surface area contributed by atoms with E-state index in [4.69, 9.17) is 11.6 Å². The predicted molar refractivity (Wildman–Crippen MR) is 116 cm³/mol. The second-order valence-electron chi connectivity index (χ2n) is 7.94. The number of rotatable bonds is 4.